The molecule has 1 aliphatic carbocycles. The summed E-state index contributed by atoms with van der Waals surface area (Å²) >= 11 is 0. The van der Waals surface area contributed by atoms with Crippen molar-refractivity contribution < 1.29 is 24.8 Å². The molecule has 0 amide bonds. The number of methoxy groups -OCH3 is 2. The fourth-order valence-electron chi connectivity index (χ4n) is 3.76. The van der Waals surface area contributed by atoms with Crippen LogP contribution in [0.25, 0.3) is 0 Å². The summed E-state index contributed by atoms with van der Waals surface area (Å²) in [7, 11) is 3.01. The molecule has 0 aliphatic heterocycles. The van der Waals surface area contributed by atoms with Gasteiger partial charge in [0.25, 0.3) is 0 Å². The van der Waals surface area contributed by atoms with Crippen molar-refractivity contribution in [2.24, 2.45) is 5.92 Å². The Kier molecular flexibility index (Phi) is 4.29. The van der Waals surface area contributed by atoms with Gasteiger partial charge in [0.2, 0.25) is 0 Å². The van der Waals surface area contributed by atoms with Gasteiger partial charge in [-0.1, -0.05) is 13.0 Å². The summed E-state index contributed by atoms with van der Waals surface area (Å²) in [6.07, 6.45) is 0.685. The molecule has 0 bridgehead atoms. The van der Waals surface area contributed by atoms with Crippen molar-refractivity contribution in [3.05, 3.63) is 47.0 Å². The molecule has 0 heterocycles. The quantitative estimate of drug-likeness (QED) is 0.797. The highest BCUT2D eigenvalue weighted by atomic mass is 16.5. The monoisotopic (exact) mass is 344 g/mol. The minimum absolute atomic E-state index is 0.000882. The highest BCUT2D eigenvalue weighted by molar-refractivity contribution is 5.54. The Morgan fingerprint density at radius 3 is 2.28 bits per heavy atom. The zero-order valence-electron chi connectivity index (χ0n) is 14.9. The van der Waals surface area contributed by atoms with Crippen LogP contribution in [0.15, 0.2) is 30.3 Å². The van der Waals surface area contributed by atoms with E-state index in [1.807, 2.05) is 19.9 Å². The maximum absolute atomic E-state index is 11.2. The van der Waals surface area contributed by atoms with Crippen molar-refractivity contribution in [2.45, 2.75) is 31.8 Å². The largest absolute Gasteiger partial charge is 0.504 e. The van der Waals surface area contributed by atoms with Crippen molar-refractivity contribution in [3.8, 4) is 23.0 Å². The number of phenolic OH excluding ortho intramolecular Hbond substituents is 2. The first kappa shape index (κ1) is 17.4. The third-order valence-corrected chi connectivity index (χ3v) is 5.40. The van der Waals surface area contributed by atoms with E-state index in [1.165, 1.54) is 14.2 Å². The van der Waals surface area contributed by atoms with Gasteiger partial charge in [0.05, 0.1) is 19.8 Å². The summed E-state index contributed by atoms with van der Waals surface area (Å²) in [5, 5.41) is 31.4. The molecule has 2 aromatic carbocycles. The summed E-state index contributed by atoms with van der Waals surface area (Å²) in [5.74, 6) is 0.506. The maximum atomic E-state index is 11.2. The molecule has 25 heavy (non-hydrogen) atoms. The molecule has 3 atom stereocenters. The van der Waals surface area contributed by atoms with Crippen LogP contribution in [0.3, 0.4) is 0 Å². The van der Waals surface area contributed by atoms with Crippen LogP contribution in [0.1, 0.15) is 36.5 Å². The maximum Gasteiger partial charge on any atom is 0.160 e. The van der Waals surface area contributed by atoms with Gasteiger partial charge in [0.1, 0.15) is 0 Å². The Bertz CT molecular complexity index is 797. The molecule has 5 nitrogen and oxygen atoms in total. The van der Waals surface area contributed by atoms with Gasteiger partial charge in [-0.15, -0.1) is 0 Å². The van der Waals surface area contributed by atoms with Crippen molar-refractivity contribution in [2.75, 3.05) is 14.2 Å². The number of fused-ring (bicyclic) bond motifs is 1. The number of aromatic hydroxyl groups is 2. The second-order valence-electron chi connectivity index (χ2n) is 6.92. The molecule has 3 N–H and O–H groups in total. The fraction of sp³-hybridized carbons (Fsp3) is 0.400. The second-order valence-corrected chi connectivity index (χ2v) is 6.92. The molecule has 2 aromatic rings. The van der Waals surface area contributed by atoms with Crippen molar-refractivity contribution in [1.29, 1.82) is 0 Å². The lowest BCUT2D eigenvalue weighted by Crippen LogP contribution is -2.44. The molecule has 1 aliphatic rings. The molecule has 0 unspecified atom stereocenters. The van der Waals surface area contributed by atoms with Gasteiger partial charge in [-0.25, -0.2) is 0 Å². The standard InChI is InChI=1S/C20H24O5/c1-11-7-13-9-18(25-4)16(22)10-14(13)19(20(11,2)23)12-5-6-15(21)17(8-12)24-3/h5-6,8-11,19,21-23H,7H2,1-4H3/t11-,19-,20-/m0/s1. The molecular weight excluding hydrogens is 320 g/mol. The lowest BCUT2D eigenvalue weighted by Gasteiger charge is -2.44. The van der Waals surface area contributed by atoms with Crippen molar-refractivity contribution >= 4 is 0 Å². The molecule has 3 rings (SSSR count). The Morgan fingerprint density at radius 1 is 1.00 bits per heavy atom. The Balaban J connectivity index is 2.22. The van der Waals surface area contributed by atoms with E-state index in [0.29, 0.717) is 17.9 Å². The Labute approximate surface area is 147 Å². The van der Waals surface area contributed by atoms with E-state index in [9.17, 15) is 15.3 Å². The average Bonchev–Trinajstić information content (AvgIpc) is 2.57. The van der Waals surface area contributed by atoms with Crippen LogP contribution in [0, 0.1) is 5.92 Å². The first-order valence-electron chi connectivity index (χ1n) is 8.28. The first-order chi connectivity index (χ1) is 11.8. The zero-order chi connectivity index (χ0) is 18.4. The SMILES string of the molecule is COc1cc([C@H]2c3cc(O)c(OC)cc3C[C@H](C)[C@]2(C)O)ccc1O. The number of aliphatic hydroxyl groups is 1. The minimum atomic E-state index is -1.02. The Morgan fingerprint density at radius 2 is 1.64 bits per heavy atom. The summed E-state index contributed by atoms with van der Waals surface area (Å²) in [4.78, 5) is 0. The molecule has 0 spiro atoms. The predicted octanol–water partition coefficient (Wildman–Crippen LogP) is 3.19. The van der Waals surface area contributed by atoms with E-state index < -0.39 is 5.60 Å². The van der Waals surface area contributed by atoms with Crippen molar-refractivity contribution in [3.63, 3.8) is 0 Å². The van der Waals surface area contributed by atoms with Crippen LogP contribution >= 0.6 is 0 Å². The fourth-order valence-corrected chi connectivity index (χ4v) is 3.76. The number of hydrogen-bond donors (Lipinski definition) is 3. The molecule has 0 saturated heterocycles. The number of phenols is 2. The summed E-state index contributed by atoms with van der Waals surface area (Å²) in [6, 6.07) is 8.57. The normalized spacial score (nSPS) is 25.3. The van der Waals surface area contributed by atoms with Crippen molar-refractivity contribution in [1.82, 2.24) is 0 Å². The number of ether oxygens (including phenoxy) is 2. The van der Waals surface area contributed by atoms with Crippen LogP contribution in [0.5, 0.6) is 23.0 Å². The van der Waals surface area contributed by atoms with E-state index in [4.69, 9.17) is 9.47 Å². The lowest BCUT2D eigenvalue weighted by atomic mass is 9.65. The molecule has 0 fully saturated rings. The number of hydrogen-bond acceptors (Lipinski definition) is 5. The van der Waals surface area contributed by atoms with Crippen LogP contribution in [-0.4, -0.2) is 35.1 Å². The number of rotatable bonds is 3. The summed E-state index contributed by atoms with van der Waals surface area (Å²) in [6.45, 7) is 3.82. The highest BCUT2D eigenvalue weighted by Crippen LogP contribution is 2.49. The van der Waals surface area contributed by atoms with Gasteiger partial charge < -0.3 is 24.8 Å². The smallest absolute Gasteiger partial charge is 0.160 e. The van der Waals surface area contributed by atoms with E-state index in [1.54, 1.807) is 24.3 Å². The summed E-state index contributed by atoms with van der Waals surface area (Å²) in [5.41, 5.74) is 1.69. The lowest BCUT2D eigenvalue weighted by molar-refractivity contribution is -0.0162. The molecule has 0 radical (unpaired) electrons. The molecule has 5 heteroatoms. The molecule has 0 aromatic heterocycles. The van der Waals surface area contributed by atoms with Crippen LogP contribution in [-0.2, 0) is 6.42 Å². The molecular formula is C20H24O5. The molecule has 0 saturated carbocycles. The average molecular weight is 344 g/mol. The van der Waals surface area contributed by atoms with E-state index in [0.717, 1.165) is 16.7 Å². The topological polar surface area (TPSA) is 79.2 Å². The van der Waals surface area contributed by atoms with Crippen LogP contribution < -0.4 is 9.47 Å². The summed E-state index contributed by atoms with van der Waals surface area (Å²) < 4.78 is 10.4. The van der Waals surface area contributed by atoms with Gasteiger partial charge in [-0.2, -0.15) is 0 Å². The highest BCUT2D eigenvalue weighted by Gasteiger charge is 2.44. The third kappa shape index (κ3) is 2.78. The van der Waals surface area contributed by atoms with Gasteiger partial charge >= 0.3 is 0 Å². The van der Waals surface area contributed by atoms with Crippen LogP contribution in [0.4, 0.5) is 0 Å². The van der Waals surface area contributed by atoms with E-state index >= 15 is 0 Å². The van der Waals surface area contributed by atoms with Gasteiger partial charge in [-0.3, -0.25) is 0 Å². The minimum Gasteiger partial charge on any atom is -0.504 e. The third-order valence-electron chi connectivity index (χ3n) is 5.40. The van der Waals surface area contributed by atoms with Gasteiger partial charge in [0, 0.05) is 5.92 Å². The predicted molar refractivity (Wildman–Crippen MR) is 94.7 cm³/mol. The number of benzene rings is 2. The van der Waals surface area contributed by atoms with E-state index in [2.05, 4.69) is 0 Å². The zero-order valence-corrected chi connectivity index (χ0v) is 14.9. The van der Waals surface area contributed by atoms with E-state index in [-0.39, 0.29) is 23.3 Å². The van der Waals surface area contributed by atoms with Crippen LogP contribution in [0.2, 0.25) is 0 Å². The molecule has 134 valence electrons. The second kappa shape index (κ2) is 6.15. The first-order valence-corrected chi connectivity index (χ1v) is 8.28. The van der Waals surface area contributed by atoms with Gasteiger partial charge in [0.15, 0.2) is 23.0 Å². The Hall–Kier alpha value is -2.40. The van der Waals surface area contributed by atoms with Gasteiger partial charge in [-0.05, 0) is 60.2 Å².